The minimum absolute atomic E-state index is 0.00639. The number of hydrogen-bond donors (Lipinski definition) is 3. The van der Waals surface area contributed by atoms with Crippen LogP contribution in [0.1, 0.15) is 35.3 Å². The van der Waals surface area contributed by atoms with Crippen molar-refractivity contribution < 1.29 is 29.3 Å². The molecule has 0 spiro atoms. The highest BCUT2D eigenvalue weighted by Crippen LogP contribution is 2.13. The van der Waals surface area contributed by atoms with E-state index < -0.39 is 38.3 Å². The van der Waals surface area contributed by atoms with Gasteiger partial charge in [0.15, 0.2) is 0 Å². The lowest BCUT2D eigenvalue weighted by Gasteiger charge is -2.15. The Labute approximate surface area is 129 Å². The average molecular weight is 288 g/mol. The van der Waals surface area contributed by atoms with Gasteiger partial charge in [-0.3, -0.25) is 4.79 Å². The number of hydrogen-bond acceptors (Lipinski definition) is 4. The summed E-state index contributed by atoms with van der Waals surface area (Å²) in [6.07, 6.45) is -0.865. The zero-order valence-corrected chi connectivity index (χ0v) is 10.9. The molecule has 0 aromatic heterocycles. The van der Waals surface area contributed by atoms with Gasteiger partial charge in [0, 0.05) is 28.6 Å². The van der Waals surface area contributed by atoms with Crippen LogP contribution in [0.2, 0.25) is 0 Å². The van der Waals surface area contributed by atoms with Crippen LogP contribution in [0, 0.1) is 0 Å². The Bertz CT molecular complexity index is 602. The normalized spacial score (nSPS) is 19.4. The van der Waals surface area contributed by atoms with Crippen LogP contribution in [0.3, 0.4) is 0 Å². The van der Waals surface area contributed by atoms with Crippen molar-refractivity contribution in [2.75, 3.05) is 13.2 Å². The lowest BCUT2D eigenvalue weighted by molar-refractivity contribution is -0.136. The van der Waals surface area contributed by atoms with Gasteiger partial charge in [-0.25, -0.2) is 0 Å². The van der Waals surface area contributed by atoms with Crippen LogP contribution < -0.4 is 10.1 Å². The molecule has 0 bridgehead atoms. The number of aryl methyl sites for hydroxylation is 1. The molecule has 1 rings (SSSR count). The van der Waals surface area contributed by atoms with E-state index in [1.165, 1.54) is 0 Å². The molecule has 1 atom stereocenters. The third kappa shape index (κ3) is 7.11. The van der Waals surface area contributed by atoms with Crippen LogP contribution in [-0.2, 0) is 11.2 Å². The van der Waals surface area contributed by atoms with Gasteiger partial charge < -0.3 is 20.3 Å². The highest BCUT2D eigenvalue weighted by Gasteiger charge is 2.06. The molecule has 0 saturated carbocycles. The smallest absolute Gasteiger partial charge is 0.303 e. The van der Waals surface area contributed by atoms with Crippen molar-refractivity contribution in [2.24, 2.45) is 0 Å². The maximum Gasteiger partial charge on any atom is 0.303 e. The fourth-order valence-electron chi connectivity index (χ4n) is 1.47. The Morgan fingerprint density at radius 3 is 2.75 bits per heavy atom. The van der Waals surface area contributed by atoms with E-state index in [0.29, 0.717) is 12.2 Å². The van der Waals surface area contributed by atoms with Crippen molar-refractivity contribution >= 4 is 5.97 Å². The molecule has 5 nitrogen and oxygen atoms in total. The van der Waals surface area contributed by atoms with Crippen LogP contribution in [0.15, 0.2) is 24.3 Å². The fourth-order valence-corrected chi connectivity index (χ4v) is 1.47. The Kier molecular flexibility index (Phi) is 3.70. The zero-order chi connectivity index (χ0) is 20.9. The Morgan fingerprint density at radius 2 is 2.15 bits per heavy atom. The molecule has 0 fully saturated rings. The summed E-state index contributed by atoms with van der Waals surface area (Å²) in [4.78, 5) is 10.5. The predicted octanol–water partition coefficient (Wildman–Crippen LogP) is 1.44. The van der Waals surface area contributed by atoms with Crippen molar-refractivity contribution in [3.05, 3.63) is 29.8 Å². The highest BCUT2D eigenvalue weighted by atomic mass is 16.5. The number of carboxylic acids is 1. The monoisotopic (exact) mass is 288 g/mol. The van der Waals surface area contributed by atoms with Gasteiger partial charge in [-0.05, 0) is 24.1 Å². The Morgan fingerprint density at radius 1 is 1.45 bits per heavy atom. The van der Waals surface area contributed by atoms with E-state index in [4.69, 9.17) is 19.4 Å². The molecule has 0 radical (unpaired) electrons. The largest absolute Gasteiger partial charge is 0.491 e. The van der Waals surface area contributed by atoms with Crippen LogP contribution >= 0.6 is 0 Å². The van der Waals surface area contributed by atoms with Crippen LogP contribution in [0.25, 0.3) is 0 Å². The van der Waals surface area contributed by atoms with Gasteiger partial charge >= 0.3 is 5.97 Å². The number of rotatable bonds is 9. The van der Waals surface area contributed by atoms with Crippen molar-refractivity contribution in [2.45, 2.75) is 38.7 Å². The lowest BCUT2D eigenvalue weighted by Crippen LogP contribution is -2.35. The first-order valence-electron chi connectivity index (χ1n) is 9.63. The van der Waals surface area contributed by atoms with Gasteiger partial charge in [-0.15, -0.1) is 0 Å². The molecule has 0 amide bonds. The summed E-state index contributed by atoms with van der Waals surface area (Å²) in [5.74, 6) is -0.498. The number of benzene rings is 1. The van der Waals surface area contributed by atoms with Crippen molar-refractivity contribution in [3.63, 3.8) is 0 Å². The second kappa shape index (κ2) is 8.55. The van der Waals surface area contributed by atoms with Gasteiger partial charge in [0.25, 0.3) is 0 Å². The number of nitrogens with one attached hydrogen (secondary N) is 1. The fraction of sp³-hybridized carbons (Fsp3) is 0.533. The summed E-state index contributed by atoms with van der Waals surface area (Å²) in [5.41, 5.74) is 0.807. The van der Waals surface area contributed by atoms with Crippen LogP contribution in [0.5, 0.6) is 5.75 Å². The maximum absolute atomic E-state index is 10.5. The number of carbonyl (C=O) groups is 1. The number of carboxylic acid groups (broad SMARTS) is 1. The summed E-state index contributed by atoms with van der Waals surface area (Å²) in [5, 5.41) is 20.6. The molecule has 1 aromatic rings. The molecule has 0 aliphatic carbocycles. The van der Waals surface area contributed by atoms with E-state index in [-0.39, 0.29) is 13.0 Å². The standard InChI is InChI=1S/C15H23NO4/c1-11(2)16-9-13(17)10-20-14-6-3-12(4-7-14)5-8-15(18)19/h3-4,6-7,11,13,16-17H,5,8-10H2,1-2H3,(H,18,19)/i1D3,2D3,11D. The van der Waals surface area contributed by atoms with E-state index in [9.17, 15) is 9.90 Å². The van der Waals surface area contributed by atoms with E-state index in [1.807, 2.05) is 0 Å². The zero-order valence-electron chi connectivity index (χ0n) is 17.9. The van der Waals surface area contributed by atoms with Crippen molar-refractivity contribution in [1.82, 2.24) is 5.32 Å². The molecular weight excluding hydrogens is 258 g/mol. The first-order chi connectivity index (χ1) is 12.3. The van der Waals surface area contributed by atoms with Gasteiger partial charge in [0.1, 0.15) is 18.5 Å². The van der Waals surface area contributed by atoms with Gasteiger partial charge in [-0.1, -0.05) is 25.8 Å². The first-order valence-corrected chi connectivity index (χ1v) is 6.13. The molecule has 20 heavy (non-hydrogen) atoms. The van der Waals surface area contributed by atoms with Crippen LogP contribution in [0.4, 0.5) is 0 Å². The topological polar surface area (TPSA) is 78.8 Å². The number of aliphatic hydroxyl groups excluding tert-OH is 1. The first kappa shape index (κ1) is 8.64. The molecule has 0 aliphatic rings. The quantitative estimate of drug-likeness (QED) is 0.641. The number of ether oxygens (including phenoxy) is 1. The van der Waals surface area contributed by atoms with E-state index in [2.05, 4.69) is 5.32 Å². The Balaban J connectivity index is 2.55. The maximum atomic E-state index is 10.5. The second-order valence-electron chi connectivity index (χ2n) is 4.26. The third-order valence-electron chi connectivity index (χ3n) is 2.51. The van der Waals surface area contributed by atoms with Gasteiger partial charge in [-0.2, -0.15) is 0 Å². The summed E-state index contributed by atoms with van der Waals surface area (Å²) in [6, 6.07) is 3.64. The summed E-state index contributed by atoms with van der Waals surface area (Å²) < 4.78 is 56.8. The molecule has 5 heteroatoms. The van der Waals surface area contributed by atoms with Crippen molar-refractivity contribution in [1.29, 1.82) is 0 Å². The van der Waals surface area contributed by atoms with E-state index in [0.717, 1.165) is 5.56 Å². The van der Waals surface area contributed by atoms with Crippen molar-refractivity contribution in [3.8, 4) is 5.75 Å². The minimum atomic E-state index is -3.12. The molecule has 3 N–H and O–H groups in total. The number of aliphatic hydroxyl groups is 1. The third-order valence-corrected chi connectivity index (χ3v) is 2.51. The molecule has 112 valence electrons. The molecule has 0 saturated heterocycles. The van der Waals surface area contributed by atoms with Crippen LogP contribution in [-0.4, -0.2) is 41.5 Å². The molecule has 1 unspecified atom stereocenters. The SMILES string of the molecule is [2H]C([2H])([2H])C([2H])(NCC(O)COc1ccc(CCC(=O)O)cc1)C([2H])([2H])[2H]. The summed E-state index contributed by atoms with van der Waals surface area (Å²) in [6.45, 7) is -6.95. The predicted molar refractivity (Wildman–Crippen MR) is 77.0 cm³/mol. The molecular formula is C15H23NO4. The summed E-state index contributed by atoms with van der Waals surface area (Å²) >= 11 is 0. The second-order valence-corrected chi connectivity index (χ2v) is 4.26. The van der Waals surface area contributed by atoms with Gasteiger partial charge in [0.05, 0.1) is 0 Å². The summed E-state index contributed by atoms with van der Waals surface area (Å²) in [7, 11) is 0. The average Bonchev–Trinajstić information content (AvgIpc) is 2.54. The Hall–Kier alpha value is -1.59. The minimum Gasteiger partial charge on any atom is -0.491 e. The van der Waals surface area contributed by atoms with E-state index in [1.54, 1.807) is 24.3 Å². The molecule has 1 aromatic carbocycles. The van der Waals surface area contributed by atoms with E-state index >= 15 is 0 Å². The molecule has 0 aliphatic heterocycles. The highest BCUT2D eigenvalue weighted by molar-refractivity contribution is 5.67. The molecule has 0 heterocycles. The lowest BCUT2D eigenvalue weighted by atomic mass is 10.1. The number of aliphatic carboxylic acids is 1. The van der Waals surface area contributed by atoms with Gasteiger partial charge in [0.2, 0.25) is 0 Å².